The summed E-state index contributed by atoms with van der Waals surface area (Å²) >= 11 is 0. The third-order valence-electron chi connectivity index (χ3n) is 3.02. The normalized spacial score (nSPS) is 10.2. The molecule has 0 aromatic heterocycles. The van der Waals surface area contributed by atoms with E-state index in [4.69, 9.17) is 0 Å². The lowest BCUT2D eigenvalue weighted by Crippen LogP contribution is -2.26. The second kappa shape index (κ2) is 6.13. The number of carbonyl (C=O) groups excluding carboxylic acids is 1. The number of carbonyl (C=O) groups is 1. The summed E-state index contributed by atoms with van der Waals surface area (Å²) in [7, 11) is 1.52. The Morgan fingerprint density at radius 3 is 2.62 bits per heavy atom. The zero-order chi connectivity index (χ0) is 15.4. The summed E-state index contributed by atoms with van der Waals surface area (Å²) < 4.78 is 13.6. The summed E-state index contributed by atoms with van der Waals surface area (Å²) in [5.41, 5.74) is 0.432. The quantitative estimate of drug-likeness (QED) is 0.641. The number of nitro benzene ring substituents is 1. The summed E-state index contributed by atoms with van der Waals surface area (Å²) in [6.45, 7) is 0.0915. The number of halogens is 1. The van der Waals surface area contributed by atoms with Gasteiger partial charge in [-0.2, -0.15) is 0 Å². The minimum absolute atomic E-state index is 0.0915. The molecule has 2 aromatic rings. The first-order valence-corrected chi connectivity index (χ1v) is 6.22. The molecule has 21 heavy (non-hydrogen) atoms. The molecule has 108 valence electrons. The third-order valence-corrected chi connectivity index (χ3v) is 3.02. The topological polar surface area (TPSA) is 63.5 Å². The Kier molecular flexibility index (Phi) is 4.27. The van der Waals surface area contributed by atoms with Crippen LogP contribution in [0.15, 0.2) is 48.5 Å². The average Bonchev–Trinajstić information content (AvgIpc) is 2.49. The Morgan fingerprint density at radius 1 is 1.24 bits per heavy atom. The Bertz CT molecular complexity index is 688. The van der Waals surface area contributed by atoms with Crippen molar-refractivity contribution in [2.24, 2.45) is 0 Å². The predicted molar refractivity (Wildman–Crippen MR) is 75.3 cm³/mol. The lowest BCUT2D eigenvalue weighted by Gasteiger charge is -2.17. The van der Waals surface area contributed by atoms with E-state index in [-0.39, 0.29) is 17.8 Å². The number of rotatable bonds is 4. The Balaban J connectivity index is 2.18. The molecule has 0 spiro atoms. The maximum atomic E-state index is 13.6. The fourth-order valence-corrected chi connectivity index (χ4v) is 1.93. The van der Waals surface area contributed by atoms with Gasteiger partial charge in [-0.15, -0.1) is 0 Å². The average molecular weight is 288 g/mol. The maximum absolute atomic E-state index is 13.6. The van der Waals surface area contributed by atoms with E-state index in [0.29, 0.717) is 5.56 Å². The van der Waals surface area contributed by atoms with Crippen LogP contribution in [0.2, 0.25) is 0 Å². The molecule has 0 atom stereocenters. The van der Waals surface area contributed by atoms with Crippen molar-refractivity contribution >= 4 is 11.6 Å². The van der Waals surface area contributed by atoms with Gasteiger partial charge in [-0.3, -0.25) is 14.9 Å². The first-order valence-electron chi connectivity index (χ1n) is 6.22. The maximum Gasteiger partial charge on any atom is 0.270 e. The van der Waals surface area contributed by atoms with Gasteiger partial charge in [0.1, 0.15) is 5.82 Å². The smallest absolute Gasteiger partial charge is 0.270 e. The first kappa shape index (κ1) is 14.6. The molecule has 2 aromatic carbocycles. The molecule has 2 rings (SSSR count). The predicted octanol–water partition coefficient (Wildman–Crippen LogP) is 3.01. The molecule has 1 amide bonds. The Morgan fingerprint density at radius 2 is 1.95 bits per heavy atom. The van der Waals surface area contributed by atoms with E-state index in [1.807, 2.05) is 0 Å². The molecular weight excluding hydrogens is 275 g/mol. The highest BCUT2D eigenvalue weighted by Gasteiger charge is 2.16. The van der Waals surface area contributed by atoms with Crippen molar-refractivity contribution in [1.82, 2.24) is 4.90 Å². The van der Waals surface area contributed by atoms with Crippen LogP contribution in [0.1, 0.15) is 15.9 Å². The lowest BCUT2D eigenvalue weighted by molar-refractivity contribution is -0.384. The van der Waals surface area contributed by atoms with Crippen LogP contribution in [-0.2, 0) is 6.54 Å². The van der Waals surface area contributed by atoms with Crippen molar-refractivity contribution in [3.63, 3.8) is 0 Å². The van der Waals surface area contributed by atoms with Gasteiger partial charge in [0.25, 0.3) is 11.6 Å². The van der Waals surface area contributed by atoms with Crippen LogP contribution < -0.4 is 0 Å². The van der Waals surface area contributed by atoms with E-state index in [0.717, 1.165) is 0 Å². The second-order valence-electron chi connectivity index (χ2n) is 4.56. The van der Waals surface area contributed by atoms with Crippen molar-refractivity contribution in [3.05, 3.63) is 75.6 Å². The van der Waals surface area contributed by atoms with Gasteiger partial charge >= 0.3 is 0 Å². The van der Waals surface area contributed by atoms with Crippen LogP contribution in [-0.4, -0.2) is 22.8 Å². The van der Waals surface area contributed by atoms with E-state index < -0.39 is 16.6 Å². The molecule has 0 aliphatic rings. The molecule has 0 radical (unpaired) electrons. The van der Waals surface area contributed by atoms with Gasteiger partial charge in [0.2, 0.25) is 0 Å². The first-order chi connectivity index (χ1) is 9.99. The highest BCUT2D eigenvalue weighted by Crippen LogP contribution is 2.16. The summed E-state index contributed by atoms with van der Waals surface area (Å²) in [6.07, 6.45) is 0. The van der Waals surface area contributed by atoms with Crippen molar-refractivity contribution in [2.45, 2.75) is 6.54 Å². The van der Waals surface area contributed by atoms with E-state index in [1.165, 1.54) is 42.3 Å². The zero-order valence-corrected chi connectivity index (χ0v) is 11.3. The van der Waals surface area contributed by atoms with E-state index in [1.54, 1.807) is 18.2 Å². The minimum Gasteiger partial charge on any atom is -0.337 e. The van der Waals surface area contributed by atoms with Gasteiger partial charge in [0, 0.05) is 36.9 Å². The number of benzene rings is 2. The molecular formula is C15H13FN2O3. The van der Waals surface area contributed by atoms with Gasteiger partial charge < -0.3 is 4.90 Å². The Hall–Kier alpha value is -2.76. The lowest BCUT2D eigenvalue weighted by atomic mass is 10.1. The van der Waals surface area contributed by atoms with Crippen LogP contribution in [0.5, 0.6) is 0 Å². The van der Waals surface area contributed by atoms with Gasteiger partial charge in [-0.25, -0.2) is 4.39 Å². The summed E-state index contributed by atoms with van der Waals surface area (Å²) in [6, 6.07) is 11.6. The SMILES string of the molecule is CN(Cc1ccccc1F)C(=O)c1cccc([N+](=O)[O-])c1. The van der Waals surface area contributed by atoms with Gasteiger partial charge in [0.05, 0.1) is 4.92 Å². The molecule has 0 saturated heterocycles. The Labute approximate surface area is 120 Å². The van der Waals surface area contributed by atoms with Crippen molar-refractivity contribution in [3.8, 4) is 0 Å². The molecule has 0 heterocycles. The number of nitrogens with zero attached hydrogens (tertiary/aromatic N) is 2. The van der Waals surface area contributed by atoms with Crippen molar-refractivity contribution in [1.29, 1.82) is 0 Å². The molecule has 0 fully saturated rings. The molecule has 0 unspecified atom stereocenters. The number of hydrogen-bond acceptors (Lipinski definition) is 3. The number of non-ortho nitro benzene ring substituents is 1. The highest BCUT2D eigenvalue weighted by molar-refractivity contribution is 5.94. The second-order valence-corrected chi connectivity index (χ2v) is 4.56. The van der Waals surface area contributed by atoms with E-state index in [2.05, 4.69) is 0 Å². The van der Waals surface area contributed by atoms with E-state index >= 15 is 0 Å². The minimum atomic E-state index is -0.562. The van der Waals surface area contributed by atoms with Crippen LogP contribution in [0.3, 0.4) is 0 Å². The molecule has 0 aliphatic carbocycles. The summed E-state index contributed by atoms with van der Waals surface area (Å²) in [5, 5.41) is 10.7. The van der Waals surface area contributed by atoms with Gasteiger partial charge in [-0.1, -0.05) is 24.3 Å². The standard InChI is InChI=1S/C15H13FN2O3/c1-17(10-12-5-2-3-8-14(12)16)15(19)11-6-4-7-13(9-11)18(20)21/h2-9H,10H2,1H3. The molecule has 5 nitrogen and oxygen atoms in total. The number of hydrogen-bond donors (Lipinski definition) is 0. The molecule has 0 saturated carbocycles. The fraction of sp³-hybridized carbons (Fsp3) is 0.133. The molecule has 6 heteroatoms. The van der Waals surface area contributed by atoms with Crippen LogP contribution in [0, 0.1) is 15.9 Å². The van der Waals surface area contributed by atoms with Crippen molar-refractivity contribution < 1.29 is 14.1 Å². The zero-order valence-electron chi connectivity index (χ0n) is 11.3. The molecule has 0 bridgehead atoms. The highest BCUT2D eigenvalue weighted by atomic mass is 19.1. The van der Waals surface area contributed by atoms with Gasteiger partial charge in [0.15, 0.2) is 0 Å². The summed E-state index contributed by atoms with van der Waals surface area (Å²) in [4.78, 5) is 23.7. The third kappa shape index (κ3) is 3.42. The van der Waals surface area contributed by atoms with Crippen LogP contribution >= 0.6 is 0 Å². The molecule has 0 N–H and O–H groups in total. The van der Waals surface area contributed by atoms with Crippen LogP contribution in [0.4, 0.5) is 10.1 Å². The number of nitro groups is 1. The van der Waals surface area contributed by atoms with Crippen LogP contribution in [0.25, 0.3) is 0 Å². The molecule has 0 aliphatic heterocycles. The monoisotopic (exact) mass is 288 g/mol. The fourth-order valence-electron chi connectivity index (χ4n) is 1.93. The van der Waals surface area contributed by atoms with Gasteiger partial charge in [-0.05, 0) is 12.1 Å². The largest absolute Gasteiger partial charge is 0.337 e. The van der Waals surface area contributed by atoms with Crippen molar-refractivity contribution in [2.75, 3.05) is 7.05 Å². The van der Waals surface area contributed by atoms with E-state index in [9.17, 15) is 19.3 Å². The number of amides is 1. The summed E-state index contributed by atoms with van der Waals surface area (Å²) in [5.74, 6) is -0.793.